The number of furan rings is 1. The van der Waals surface area contributed by atoms with Crippen LogP contribution in [-0.2, 0) is 0 Å². The molecule has 0 unspecified atom stereocenters. The zero-order chi connectivity index (χ0) is 43.6. The van der Waals surface area contributed by atoms with Gasteiger partial charge in [-0.2, -0.15) is 0 Å². The normalized spacial score (nSPS) is 11.6. The molecule has 0 amide bonds. The number of hydrogen-bond acceptors (Lipinski definition) is 2. The lowest BCUT2D eigenvalue weighted by Gasteiger charge is -2.30. The Morgan fingerprint density at radius 3 is 1.76 bits per heavy atom. The Morgan fingerprint density at radius 2 is 0.894 bits per heavy atom. The molecule has 12 aromatic carbocycles. The van der Waals surface area contributed by atoms with E-state index in [0.29, 0.717) is 0 Å². The minimum Gasteiger partial charge on any atom is -0.455 e. The van der Waals surface area contributed by atoms with E-state index in [4.69, 9.17) is 4.42 Å². The standard InChI is InChI=1S/C64H41NO/c1-2-15-44(16-3-1)59-41-49(52-28-13-19-43-17-4-6-23-51(43)52)36-38-60(59)65(61-29-14-20-46-35-37-57-56-27-10-11-30-62(56)66-64(57)63(46)61)50-22-12-21-47(39-50)42-31-33-45(34-32-42)58-40-48-18-5-7-24-53(48)54-25-8-9-26-55(54)58/h1-41H. The van der Waals surface area contributed by atoms with Crippen molar-refractivity contribution in [3.05, 3.63) is 249 Å². The van der Waals surface area contributed by atoms with Gasteiger partial charge in [-0.3, -0.25) is 0 Å². The highest BCUT2D eigenvalue weighted by molar-refractivity contribution is 6.20. The molecule has 0 aliphatic rings. The topological polar surface area (TPSA) is 16.4 Å². The van der Waals surface area contributed by atoms with Crippen LogP contribution in [0.25, 0.3) is 110 Å². The highest BCUT2D eigenvalue weighted by atomic mass is 16.3. The molecule has 0 N–H and O–H groups in total. The van der Waals surface area contributed by atoms with Crippen LogP contribution in [0.5, 0.6) is 0 Å². The molecule has 0 saturated carbocycles. The van der Waals surface area contributed by atoms with Crippen molar-refractivity contribution in [3.8, 4) is 44.5 Å². The molecule has 0 saturated heterocycles. The molecule has 0 aliphatic heterocycles. The van der Waals surface area contributed by atoms with Crippen molar-refractivity contribution in [3.63, 3.8) is 0 Å². The lowest BCUT2D eigenvalue weighted by Crippen LogP contribution is -2.12. The third-order valence-electron chi connectivity index (χ3n) is 13.4. The average Bonchev–Trinajstić information content (AvgIpc) is 3.78. The van der Waals surface area contributed by atoms with Gasteiger partial charge in [-0.05, 0) is 125 Å². The zero-order valence-corrected chi connectivity index (χ0v) is 36.0. The molecule has 0 spiro atoms. The van der Waals surface area contributed by atoms with Gasteiger partial charge in [0.1, 0.15) is 11.2 Å². The zero-order valence-electron chi connectivity index (χ0n) is 36.0. The van der Waals surface area contributed by atoms with Gasteiger partial charge in [0.2, 0.25) is 0 Å². The number of para-hydroxylation sites is 1. The second-order valence-corrected chi connectivity index (χ2v) is 17.2. The smallest absolute Gasteiger partial charge is 0.145 e. The molecule has 0 radical (unpaired) electrons. The number of nitrogens with zero attached hydrogens (tertiary/aromatic N) is 1. The Bertz CT molecular complexity index is 3990. The lowest BCUT2D eigenvalue weighted by molar-refractivity contribution is 0.672. The quantitative estimate of drug-likeness (QED) is 0.149. The minimum absolute atomic E-state index is 0.882. The summed E-state index contributed by atoms with van der Waals surface area (Å²) in [4.78, 5) is 2.45. The maximum atomic E-state index is 6.83. The van der Waals surface area contributed by atoms with Gasteiger partial charge in [0.15, 0.2) is 0 Å². The summed E-state index contributed by atoms with van der Waals surface area (Å²) in [6.45, 7) is 0. The van der Waals surface area contributed by atoms with Crippen LogP contribution in [-0.4, -0.2) is 0 Å². The molecule has 0 bridgehead atoms. The van der Waals surface area contributed by atoms with Gasteiger partial charge in [0.05, 0.1) is 11.4 Å². The third kappa shape index (κ3) is 6.26. The number of hydrogen-bond donors (Lipinski definition) is 0. The molecule has 0 aliphatic carbocycles. The Balaban J connectivity index is 1.02. The Kier molecular flexibility index (Phi) is 8.89. The van der Waals surface area contributed by atoms with Crippen molar-refractivity contribution >= 4 is 82.1 Å². The van der Waals surface area contributed by atoms with E-state index in [1.807, 2.05) is 6.07 Å². The van der Waals surface area contributed by atoms with Gasteiger partial charge in [-0.25, -0.2) is 0 Å². The molecule has 1 heterocycles. The summed E-state index contributed by atoms with van der Waals surface area (Å²) < 4.78 is 6.83. The largest absolute Gasteiger partial charge is 0.455 e. The van der Waals surface area contributed by atoms with E-state index in [9.17, 15) is 0 Å². The van der Waals surface area contributed by atoms with Crippen LogP contribution in [0.3, 0.4) is 0 Å². The summed E-state index contributed by atoms with van der Waals surface area (Å²) in [5, 5.41) is 11.9. The Morgan fingerprint density at radius 1 is 0.273 bits per heavy atom. The van der Waals surface area contributed by atoms with Crippen LogP contribution in [0.1, 0.15) is 0 Å². The van der Waals surface area contributed by atoms with Crippen LogP contribution < -0.4 is 4.90 Å². The number of rotatable bonds is 7. The summed E-state index contributed by atoms with van der Waals surface area (Å²) in [6, 6.07) is 90.3. The van der Waals surface area contributed by atoms with Gasteiger partial charge in [0, 0.05) is 27.4 Å². The van der Waals surface area contributed by atoms with Gasteiger partial charge < -0.3 is 9.32 Å². The van der Waals surface area contributed by atoms with Crippen molar-refractivity contribution < 1.29 is 4.42 Å². The molecule has 2 nitrogen and oxygen atoms in total. The molecule has 13 aromatic rings. The van der Waals surface area contributed by atoms with Crippen LogP contribution in [0.15, 0.2) is 253 Å². The van der Waals surface area contributed by atoms with Crippen LogP contribution >= 0.6 is 0 Å². The maximum absolute atomic E-state index is 6.83. The lowest BCUT2D eigenvalue weighted by atomic mass is 9.92. The fourth-order valence-corrected chi connectivity index (χ4v) is 10.3. The van der Waals surface area contributed by atoms with Gasteiger partial charge in [-0.1, -0.05) is 200 Å². The molecular formula is C64H41NO. The van der Waals surface area contributed by atoms with E-state index in [0.717, 1.165) is 72.0 Å². The van der Waals surface area contributed by atoms with Crippen molar-refractivity contribution in [1.29, 1.82) is 0 Å². The number of benzene rings is 12. The summed E-state index contributed by atoms with van der Waals surface area (Å²) in [6.07, 6.45) is 0. The minimum atomic E-state index is 0.882. The summed E-state index contributed by atoms with van der Waals surface area (Å²) in [5.41, 5.74) is 14.3. The summed E-state index contributed by atoms with van der Waals surface area (Å²) >= 11 is 0. The highest BCUT2D eigenvalue weighted by Gasteiger charge is 2.23. The van der Waals surface area contributed by atoms with E-state index in [1.165, 1.54) is 54.6 Å². The molecule has 66 heavy (non-hydrogen) atoms. The molecule has 308 valence electrons. The van der Waals surface area contributed by atoms with E-state index in [2.05, 4.69) is 248 Å². The fraction of sp³-hybridized carbons (Fsp3) is 0. The molecule has 13 rings (SSSR count). The van der Waals surface area contributed by atoms with E-state index in [1.54, 1.807) is 0 Å². The number of anilines is 3. The van der Waals surface area contributed by atoms with Crippen LogP contribution in [0.2, 0.25) is 0 Å². The number of fused-ring (bicyclic) bond motifs is 9. The molecule has 0 fully saturated rings. The van der Waals surface area contributed by atoms with Crippen molar-refractivity contribution in [2.24, 2.45) is 0 Å². The second-order valence-electron chi connectivity index (χ2n) is 17.2. The Labute approximate surface area is 382 Å². The first-order valence-corrected chi connectivity index (χ1v) is 22.7. The van der Waals surface area contributed by atoms with E-state index in [-0.39, 0.29) is 0 Å². The second kappa shape index (κ2) is 15.5. The highest BCUT2D eigenvalue weighted by Crippen LogP contribution is 2.48. The summed E-state index contributed by atoms with van der Waals surface area (Å²) in [5.74, 6) is 0. The maximum Gasteiger partial charge on any atom is 0.145 e. The van der Waals surface area contributed by atoms with Gasteiger partial charge in [-0.15, -0.1) is 0 Å². The fourth-order valence-electron chi connectivity index (χ4n) is 10.3. The molecule has 2 heteroatoms. The van der Waals surface area contributed by atoms with Crippen molar-refractivity contribution in [2.75, 3.05) is 4.90 Å². The average molecular weight is 840 g/mol. The SMILES string of the molecule is c1ccc(-c2cc(-c3cccc4ccccc34)ccc2N(c2cccc(-c3ccc(-c4cc5ccccc5c5ccccc45)cc3)c2)c2cccc3ccc4c5ccccc5oc4c23)cc1. The first-order chi connectivity index (χ1) is 32.7. The van der Waals surface area contributed by atoms with Crippen LogP contribution in [0.4, 0.5) is 17.1 Å². The van der Waals surface area contributed by atoms with E-state index >= 15 is 0 Å². The van der Waals surface area contributed by atoms with E-state index < -0.39 is 0 Å². The first-order valence-electron chi connectivity index (χ1n) is 22.7. The Hall–Kier alpha value is -8.72. The predicted molar refractivity (Wildman–Crippen MR) is 280 cm³/mol. The third-order valence-corrected chi connectivity index (χ3v) is 13.4. The van der Waals surface area contributed by atoms with Crippen molar-refractivity contribution in [1.82, 2.24) is 0 Å². The molecule has 0 atom stereocenters. The molecule has 1 aromatic heterocycles. The van der Waals surface area contributed by atoms with Gasteiger partial charge >= 0.3 is 0 Å². The molecular weight excluding hydrogens is 799 g/mol. The van der Waals surface area contributed by atoms with Crippen LogP contribution in [0, 0.1) is 0 Å². The predicted octanol–water partition coefficient (Wildman–Crippen LogP) is 18.3. The monoisotopic (exact) mass is 839 g/mol. The van der Waals surface area contributed by atoms with Gasteiger partial charge in [0.25, 0.3) is 0 Å². The first kappa shape index (κ1) is 37.8. The van der Waals surface area contributed by atoms with Crippen molar-refractivity contribution in [2.45, 2.75) is 0 Å². The summed E-state index contributed by atoms with van der Waals surface area (Å²) in [7, 11) is 0.